The van der Waals surface area contributed by atoms with Crippen LogP contribution in [-0.2, 0) is 0 Å². The maximum atomic E-state index is 12.2. The number of hydrogen-bond acceptors (Lipinski definition) is 4. The van der Waals surface area contributed by atoms with Gasteiger partial charge in [-0.15, -0.1) is 0 Å². The minimum atomic E-state index is -0.0440. The van der Waals surface area contributed by atoms with E-state index in [2.05, 4.69) is 33.0 Å². The van der Waals surface area contributed by atoms with E-state index in [4.69, 9.17) is 0 Å². The molecule has 6 heteroatoms. The van der Waals surface area contributed by atoms with Crippen molar-refractivity contribution < 1.29 is 4.79 Å². The van der Waals surface area contributed by atoms with Gasteiger partial charge in [-0.05, 0) is 12.0 Å². The summed E-state index contributed by atoms with van der Waals surface area (Å²) in [5.41, 5.74) is 8.34. The average molecular weight is 285 g/mol. The second kappa shape index (κ2) is 6.07. The standard InChI is InChI=1S/C15H19N5O/c1-20(15(21)14-8-16-10-17-14)9-12-7-13(19-18-12)11-5-3-2-4-6-11/h2-6,8,10,12-13,18-19H,7,9H2,1H3,(H,16,17). The first-order chi connectivity index (χ1) is 10.2. The van der Waals surface area contributed by atoms with E-state index >= 15 is 0 Å². The largest absolute Gasteiger partial charge is 0.341 e. The molecule has 2 aromatic rings. The maximum Gasteiger partial charge on any atom is 0.271 e. The Kier molecular flexibility index (Phi) is 3.98. The molecule has 1 amide bonds. The van der Waals surface area contributed by atoms with Crippen molar-refractivity contribution in [3.8, 4) is 0 Å². The Hall–Kier alpha value is -2.18. The third kappa shape index (κ3) is 3.12. The van der Waals surface area contributed by atoms with Gasteiger partial charge < -0.3 is 9.88 Å². The summed E-state index contributed by atoms with van der Waals surface area (Å²) in [5, 5.41) is 0. The zero-order chi connectivity index (χ0) is 14.7. The summed E-state index contributed by atoms with van der Waals surface area (Å²) in [4.78, 5) is 20.6. The second-order valence-electron chi connectivity index (χ2n) is 5.34. The predicted octanol–water partition coefficient (Wildman–Crippen LogP) is 1.09. The number of hydrogen-bond donors (Lipinski definition) is 3. The predicted molar refractivity (Wildman–Crippen MR) is 79.4 cm³/mol. The lowest BCUT2D eigenvalue weighted by atomic mass is 10.0. The fourth-order valence-corrected chi connectivity index (χ4v) is 2.64. The first-order valence-corrected chi connectivity index (χ1v) is 7.04. The number of aromatic amines is 1. The molecule has 1 aliphatic heterocycles. The van der Waals surface area contributed by atoms with Crippen LogP contribution in [0.5, 0.6) is 0 Å². The first-order valence-electron chi connectivity index (χ1n) is 7.04. The molecule has 2 heterocycles. The molecule has 0 aliphatic carbocycles. The van der Waals surface area contributed by atoms with Crippen molar-refractivity contribution in [1.82, 2.24) is 25.7 Å². The van der Waals surface area contributed by atoms with E-state index in [1.54, 1.807) is 18.1 Å². The van der Waals surface area contributed by atoms with Crippen LogP contribution >= 0.6 is 0 Å². The highest BCUT2D eigenvalue weighted by Crippen LogP contribution is 2.22. The third-order valence-electron chi connectivity index (χ3n) is 3.75. The van der Waals surface area contributed by atoms with Crippen LogP contribution in [0.4, 0.5) is 0 Å². The Morgan fingerprint density at radius 2 is 2.14 bits per heavy atom. The highest BCUT2D eigenvalue weighted by Gasteiger charge is 2.27. The molecule has 0 radical (unpaired) electrons. The summed E-state index contributed by atoms with van der Waals surface area (Å²) in [6.07, 6.45) is 4.01. The van der Waals surface area contributed by atoms with Crippen molar-refractivity contribution >= 4 is 5.91 Å². The number of amides is 1. The SMILES string of the molecule is CN(CC1CC(c2ccccc2)NN1)C(=O)c1cnc[nH]1. The Bertz CT molecular complexity index is 583. The van der Waals surface area contributed by atoms with Crippen LogP contribution in [0.25, 0.3) is 0 Å². The fraction of sp³-hybridized carbons (Fsp3) is 0.333. The van der Waals surface area contributed by atoms with Crippen LogP contribution in [0.15, 0.2) is 42.9 Å². The van der Waals surface area contributed by atoms with Crippen LogP contribution in [0.2, 0.25) is 0 Å². The number of benzene rings is 1. The Morgan fingerprint density at radius 3 is 2.86 bits per heavy atom. The van der Waals surface area contributed by atoms with Gasteiger partial charge in [0.25, 0.3) is 5.91 Å². The Labute approximate surface area is 123 Å². The van der Waals surface area contributed by atoms with Gasteiger partial charge in [-0.2, -0.15) is 0 Å². The molecule has 2 atom stereocenters. The van der Waals surface area contributed by atoms with Gasteiger partial charge in [0.2, 0.25) is 0 Å². The van der Waals surface area contributed by atoms with Gasteiger partial charge in [0.15, 0.2) is 0 Å². The second-order valence-corrected chi connectivity index (χ2v) is 5.34. The lowest BCUT2D eigenvalue weighted by Gasteiger charge is -2.20. The number of carbonyl (C=O) groups is 1. The third-order valence-corrected chi connectivity index (χ3v) is 3.75. The molecule has 0 saturated carbocycles. The molecular formula is C15H19N5O. The number of aromatic nitrogens is 2. The fourth-order valence-electron chi connectivity index (χ4n) is 2.64. The lowest BCUT2D eigenvalue weighted by Crippen LogP contribution is -2.41. The Balaban J connectivity index is 1.56. The van der Waals surface area contributed by atoms with Gasteiger partial charge in [-0.25, -0.2) is 10.4 Å². The lowest BCUT2D eigenvalue weighted by molar-refractivity contribution is 0.0777. The molecule has 0 spiro atoms. The van der Waals surface area contributed by atoms with E-state index in [0.717, 1.165) is 6.42 Å². The molecule has 3 N–H and O–H groups in total. The Morgan fingerprint density at radius 1 is 1.33 bits per heavy atom. The average Bonchev–Trinajstić information content (AvgIpc) is 3.19. The summed E-state index contributed by atoms with van der Waals surface area (Å²) < 4.78 is 0. The van der Waals surface area contributed by atoms with E-state index < -0.39 is 0 Å². The van der Waals surface area contributed by atoms with Crippen LogP contribution in [0.3, 0.4) is 0 Å². The molecule has 1 aliphatic rings. The number of imidazole rings is 1. The molecule has 110 valence electrons. The minimum absolute atomic E-state index is 0.0440. The van der Waals surface area contributed by atoms with Crippen molar-refractivity contribution in [2.24, 2.45) is 0 Å². The molecule has 6 nitrogen and oxygen atoms in total. The van der Waals surface area contributed by atoms with Crippen molar-refractivity contribution in [2.45, 2.75) is 18.5 Å². The molecule has 0 bridgehead atoms. The highest BCUT2D eigenvalue weighted by atomic mass is 16.2. The smallest absolute Gasteiger partial charge is 0.271 e. The number of rotatable bonds is 4. The summed E-state index contributed by atoms with van der Waals surface area (Å²) in [7, 11) is 1.81. The van der Waals surface area contributed by atoms with Crippen molar-refractivity contribution in [2.75, 3.05) is 13.6 Å². The van der Waals surface area contributed by atoms with E-state index in [-0.39, 0.29) is 18.0 Å². The molecule has 1 saturated heterocycles. The number of hydrazine groups is 1. The van der Waals surface area contributed by atoms with Gasteiger partial charge in [-0.3, -0.25) is 10.2 Å². The summed E-state index contributed by atoms with van der Waals surface area (Å²) in [6.45, 7) is 0.647. The number of H-pyrrole nitrogens is 1. The molecule has 1 fully saturated rings. The molecule has 21 heavy (non-hydrogen) atoms. The topological polar surface area (TPSA) is 73.0 Å². The summed E-state index contributed by atoms with van der Waals surface area (Å²) >= 11 is 0. The number of nitrogens with one attached hydrogen (secondary N) is 3. The van der Waals surface area contributed by atoms with E-state index in [9.17, 15) is 4.79 Å². The minimum Gasteiger partial charge on any atom is -0.341 e. The van der Waals surface area contributed by atoms with Gasteiger partial charge in [-0.1, -0.05) is 30.3 Å². The summed E-state index contributed by atoms with van der Waals surface area (Å²) in [5.74, 6) is -0.0440. The van der Waals surface area contributed by atoms with Crippen molar-refractivity contribution in [1.29, 1.82) is 0 Å². The maximum absolute atomic E-state index is 12.2. The molecular weight excluding hydrogens is 266 g/mol. The van der Waals surface area contributed by atoms with Crippen molar-refractivity contribution in [3.05, 3.63) is 54.1 Å². The monoisotopic (exact) mass is 285 g/mol. The molecule has 1 aromatic carbocycles. The quantitative estimate of drug-likeness (QED) is 0.786. The number of carbonyl (C=O) groups excluding carboxylic acids is 1. The van der Waals surface area contributed by atoms with Crippen LogP contribution in [0, 0.1) is 0 Å². The van der Waals surface area contributed by atoms with E-state index in [1.807, 2.05) is 18.2 Å². The van der Waals surface area contributed by atoms with Gasteiger partial charge in [0, 0.05) is 25.7 Å². The van der Waals surface area contributed by atoms with Gasteiger partial charge in [0.05, 0.1) is 12.5 Å². The normalized spacial score (nSPS) is 21.4. The number of nitrogens with zero attached hydrogens (tertiary/aromatic N) is 2. The van der Waals surface area contributed by atoms with Crippen LogP contribution in [-0.4, -0.2) is 40.4 Å². The van der Waals surface area contributed by atoms with Gasteiger partial charge >= 0.3 is 0 Å². The first kappa shape index (κ1) is 13.8. The number of likely N-dealkylation sites (N-methyl/N-ethyl adjacent to an activating group) is 1. The zero-order valence-electron chi connectivity index (χ0n) is 11.9. The molecule has 1 aromatic heterocycles. The van der Waals surface area contributed by atoms with E-state index in [0.29, 0.717) is 12.2 Å². The van der Waals surface area contributed by atoms with Crippen LogP contribution in [0.1, 0.15) is 28.5 Å². The molecule has 2 unspecified atom stereocenters. The molecule has 3 rings (SSSR count). The zero-order valence-corrected chi connectivity index (χ0v) is 11.9. The van der Waals surface area contributed by atoms with E-state index in [1.165, 1.54) is 11.9 Å². The summed E-state index contributed by atoms with van der Waals surface area (Å²) in [6, 6.07) is 10.8. The van der Waals surface area contributed by atoms with Gasteiger partial charge in [0.1, 0.15) is 5.69 Å². The highest BCUT2D eigenvalue weighted by molar-refractivity contribution is 5.91. The van der Waals surface area contributed by atoms with Crippen LogP contribution < -0.4 is 10.9 Å². The van der Waals surface area contributed by atoms with Crippen molar-refractivity contribution in [3.63, 3.8) is 0 Å².